The minimum Gasteiger partial charge on any atom is -0.508 e. The fourth-order valence-electron chi connectivity index (χ4n) is 2.62. The summed E-state index contributed by atoms with van der Waals surface area (Å²) in [6, 6.07) is 8.36. The molecule has 2 rings (SSSR count). The summed E-state index contributed by atoms with van der Waals surface area (Å²) in [6.45, 7) is 8.25. The van der Waals surface area contributed by atoms with Crippen molar-refractivity contribution in [1.82, 2.24) is 0 Å². The third kappa shape index (κ3) is 8.57. The Kier molecular flexibility index (Phi) is 10.0. The summed E-state index contributed by atoms with van der Waals surface area (Å²) in [5.41, 5.74) is 0.0372. The van der Waals surface area contributed by atoms with Crippen LogP contribution in [-0.2, 0) is 18.6 Å². The lowest BCUT2D eigenvalue weighted by Gasteiger charge is -2.18. The van der Waals surface area contributed by atoms with Crippen LogP contribution in [0, 0.1) is 5.41 Å². The zero-order valence-electron chi connectivity index (χ0n) is 19.6. The number of carbonyl (C=O) groups excluding carboxylic acids is 1. The predicted molar refractivity (Wildman–Crippen MR) is 136 cm³/mol. The summed E-state index contributed by atoms with van der Waals surface area (Å²) in [5, 5.41) is 10.0. The van der Waals surface area contributed by atoms with Crippen molar-refractivity contribution in [1.29, 1.82) is 0 Å². The molecule has 0 saturated carbocycles. The van der Waals surface area contributed by atoms with Gasteiger partial charge in [0, 0.05) is 5.56 Å². The van der Waals surface area contributed by atoms with Crippen molar-refractivity contribution in [3.05, 3.63) is 44.8 Å². The minimum atomic E-state index is -4.00. The average molecular weight is 624 g/mol. The fourth-order valence-corrected chi connectivity index (χ4v) is 4.59. The molecule has 0 spiro atoms. The van der Waals surface area contributed by atoms with Gasteiger partial charge in [-0.25, -0.2) is 0 Å². The predicted octanol–water partition coefficient (Wildman–Crippen LogP) is 6.96. The third-order valence-electron chi connectivity index (χ3n) is 4.51. The van der Waals surface area contributed by atoms with Gasteiger partial charge >= 0.3 is 13.6 Å². The quantitative estimate of drug-likeness (QED) is 0.166. The second-order valence-corrected chi connectivity index (χ2v) is 12.5. The fraction of sp³-hybridized carbons (Fsp3) is 0.435. The van der Waals surface area contributed by atoms with Gasteiger partial charge in [-0.1, -0.05) is 13.8 Å². The highest BCUT2D eigenvalue weighted by atomic mass is 79.9. The van der Waals surface area contributed by atoms with E-state index < -0.39 is 25.8 Å². The summed E-state index contributed by atoms with van der Waals surface area (Å²) in [4.78, 5) is 21.6. The third-order valence-corrected chi connectivity index (χ3v) is 6.95. The Labute approximate surface area is 216 Å². The summed E-state index contributed by atoms with van der Waals surface area (Å²) < 4.78 is 34.6. The number of benzene rings is 2. The van der Waals surface area contributed by atoms with Crippen LogP contribution in [0.5, 0.6) is 23.0 Å². The Morgan fingerprint density at radius 1 is 1.09 bits per heavy atom. The molecule has 2 aromatic carbocycles. The number of phenols is 1. The molecule has 8 nitrogen and oxygen atoms in total. The van der Waals surface area contributed by atoms with Gasteiger partial charge < -0.3 is 24.2 Å². The van der Waals surface area contributed by atoms with Crippen molar-refractivity contribution >= 4 is 45.4 Å². The Morgan fingerprint density at radius 3 is 2.26 bits per heavy atom. The Bertz CT molecular complexity index is 1040. The molecule has 0 heterocycles. The lowest BCUT2D eigenvalue weighted by molar-refractivity contribution is -0.159. The van der Waals surface area contributed by atoms with E-state index in [0.717, 1.165) is 5.56 Å². The first kappa shape index (κ1) is 28.7. The minimum absolute atomic E-state index is 0.101. The van der Waals surface area contributed by atoms with Crippen LogP contribution in [0.15, 0.2) is 39.3 Å². The molecule has 0 aliphatic rings. The molecule has 0 radical (unpaired) electrons. The van der Waals surface area contributed by atoms with E-state index in [1.165, 1.54) is 0 Å². The van der Waals surface area contributed by atoms with Gasteiger partial charge in [-0.3, -0.25) is 13.9 Å². The highest BCUT2D eigenvalue weighted by Crippen LogP contribution is 2.43. The van der Waals surface area contributed by atoms with E-state index in [9.17, 15) is 19.4 Å². The van der Waals surface area contributed by atoms with Crippen LogP contribution in [0.4, 0.5) is 0 Å². The number of ether oxygens (including phenoxy) is 3. The molecule has 188 valence electrons. The molecule has 0 bridgehead atoms. The van der Waals surface area contributed by atoms with Crippen LogP contribution in [0.25, 0.3) is 0 Å². The molecule has 0 aliphatic heterocycles. The SMILES string of the molecule is CC(C)c1cc(Oc2c(Br)cc(OCCP(=O)(O)OCOC(=O)C(C)(C)C)cc2Br)ccc1O. The number of hydrogen-bond donors (Lipinski definition) is 2. The van der Waals surface area contributed by atoms with E-state index in [1.807, 2.05) is 13.8 Å². The first-order chi connectivity index (χ1) is 15.7. The number of phenolic OH excluding ortho intramolecular Hbond substituents is 1. The molecule has 0 aliphatic carbocycles. The second-order valence-electron chi connectivity index (χ2n) is 8.83. The maximum atomic E-state index is 12.1. The maximum Gasteiger partial charge on any atom is 0.334 e. The smallest absolute Gasteiger partial charge is 0.334 e. The van der Waals surface area contributed by atoms with Gasteiger partial charge in [-0.2, -0.15) is 0 Å². The van der Waals surface area contributed by atoms with Gasteiger partial charge in [0.15, 0.2) is 5.75 Å². The zero-order valence-corrected chi connectivity index (χ0v) is 23.7. The van der Waals surface area contributed by atoms with E-state index in [1.54, 1.807) is 51.1 Å². The molecule has 0 aromatic heterocycles. The monoisotopic (exact) mass is 622 g/mol. The largest absolute Gasteiger partial charge is 0.508 e. The van der Waals surface area contributed by atoms with Crippen LogP contribution in [0.1, 0.15) is 46.1 Å². The van der Waals surface area contributed by atoms with Gasteiger partial charge in [-0.05, 0) is 88.9 Å². The molecule has 0 amide bonds. The number of esters is 1. The van der Waals surface area contributed by atoms with Gasteiger partial charge in [0.05, 0.1) is 27.1 Å². The Balaban J connectivity index is 1.96. The first-order valence-electron chi connectivity index (χ1n) is 10.5. The summed E-state index contributed by atoms with van der Waals surface area (Å²) in [7, 11) is -4.00. The number of carbonyl (C=O) groups is 1. The van der Waals surface area contributed by atoms with Crippen molar-refractivity contribution in [3.63, 3.8) is 0 Å². The van der Waals surface area contributed by atoms with Crippen LogP contribution in [-0.4, -0.2) is 35.5 Å². The Morgan fingerprint density at radius 2 is 1.71 bits per heavy atom. The molecular weight excluding hydrogens is 595 g/mol. The number of aromatic hydroxyl groups is 1. The molecule has 34 heavy (non-hydrogen) atoms. The summed E-state index contributed by atoms with van der Waals surface area (Å²) >= 11 is 6.90. The zero-order chi connectivity index (χ0) is 25.7. The van der Waals surface area contributed by atoms with E-state index in [-0.39, 0.29) is 24.4 Å². The highest BCUT2D eigenvalue weighted by molar-refractivity contribution is 9.11. The summed E-state index contributed by atoms with van der Waals surface area (Å²) in [5.74, 6) is 1.30. The molecule has 1 atom stereocenters. The normalized spacial score (nSPS) is 13.4. The van der Waals surface area contributed by atoms with Crippen molar-refractivity contribution in [3.8, 4) is 23.0 Å². The lowest BCUT2D eigenvalue weighted by Crippen LogP contribution is -2.24. The van der Waals surface area contributed by atoms with Gasteiger partial charge in [-0.15, -0.1) is 0 Å². The molecule has 2 N–H and O–H groups in total. The highest BCUT2D eigenvalue weighted by Gasteiger charge is 2.25. The number of halogens is 2. The molecule has 2 aromatic rings. The van der Waals surface area contributed by atoms with Crippen molar-refractivity contribution < 1.29 is 38.1 Å². The van der Waals surface area contributed by atoms with E-state index in [2.05, 4.69) is 31.9 Å². The van der Waals surface area contributed by atoms with Gasteiger partial charge in [0.2, 0.25) is 6.79 Å². The first-order valence-corrected chi connectivity index (χ1v) is 13.8. The van der Waals surface area contributed by atoms with Gasteiger partial charge in [0.25, 0.3) is 0 Å². The van der Waals surface area contributed by atoms with Crippen molar-refractivity contribution in [2.24, 2.45) is 5.41 Å². The van der Waals surface area contributed by atoms with Crippen LogP contribution in [0.3, 0.4) is 0 Å². The summed E-state index contributed by atoms with van der Waals surface area (Å²) in [6.07, 6.45) is -0.293. The van der Waals surface area contributed by atoms with Crippen LogP contribution < -0.4 is 9.47 Å². The van der Waals surface area contributed by atoms with E-state index >= 15 is 0 Å². The van der Waals surface area contributed by atoms with Crippen LogP contribution >= 0.6 is 39.5 Å². The maximum absolute atomic E-state index is 12.1. The topological polar surface area (TPSA) is 112 Å². The Hall–Kier alpha value is -1.58. The standard InChI is InChI=1S/C23H29Br2O8P/c1-14(2)17-10-15(6-7-20(17)26)33-21-18(24)11-16(12-19(21)25)30-8-9-34(28,29)32-13-31-22(27)23(3,4)5/h6-7,10-12,14,26H,8-9,13H2,1-5H3,(H,28,29). The number of hydrogen-bond acceptors (Lipinski definition) is 7. The van der Waals surface area contributed by atoms with Crippen molar-refractivity contribution in [2.75, 3.05) is 19.6 Å². The second kappa shape index (κ2) is 11.9. The molecule has 0 fully saturated rings. The van der Waals surface area contributed by atoms with E-state index in [4.69, 9.17) is 18.7 Å². The number of rotatable bonds is 10. The average Bonchev–Trinajstić information content (AvgIpc) is 2.70. The molecule has 0 saturated heterocycles. The van der Waals surface area contributed by atoms with E-state index in [0.29, 0.717) is 26.2 Å². The van der Waals surface area contributed by atoms with Crippen LogP contribution in [0.2, 0.25) is 0 Å². The molecular formula is C23H29Br2O8P. The van der Waals surface area contributed by atoms with Crippen molar-refractivity contribution in [2.45, 2.75) is 40.5 Å². The molecule has 1 unspecified atom stereocenters. The lowest BCUT2D eigenvalue weighted by atomic mass is 9.98. The molecule has 11 heteroatoms. The van der Waals surface area contributed by atoms with Gasteiger partial charge in [0.1, 0.15) is 17.2 Å².